The molecule has 0 bridgehead atoms. The molecule has 21 heavy (non-hydrogen) atoms. The highest BCUT2D eigenvalue weighted by Crippen LogP contribution is 2.23. The summed E-state index contributed by atoms with van der Waals surface area (Å²) in [5.41, 5.74) is 0.911. The fourth-order valence-electron chi connectivity index (χ4n) is 3.03. The number of aryl methyl sites for hydroxylation is 1. The van der Waals surface area contributed by atoms with Gasteiger partial charge in [0.05, 0.1) is 31.0 Å². The molecule has 114 valence electrons. The maximum atomic E-state index is 12.6. The fourth-order valence-corrected chi connectivity index (χ4v) is 3.03. The van der Waals surface area contributed by atoms with Crippen molar-refractivity contribution in [1.82, 2.24) is 14.9 Å². The molecule has 6 nitrogen and oxygen atoms in total. The van der Waals surface area contributed by atoms with E-state index >= 15 is 0 Å². The lowest BCUT2D eigenvalue weighted by molar-refractivity contribution is -0.139. The highest BCUT2D eigenvalue weighted by atomic mass is 16.5. The van der Waals surface area contributed by atoms with Gasteiger partial charge in [0, 0.05) is 32.4 Å². The number of rotatable bonds is 2. The van der Waals surface area contributed by atoms with Gasteiger partial charge in [0.2, 0.25) is 5.91 Å². The summed E-state index contributed by atoms with van der Waals surface area (Å²) in [6.45, 7) is 6.40. The quantitative estimate of drug-likeness (QED) is 0.808. The van der Waals surface area contributed by atoms with Crippen LogP contribution >= 0.6 is 0 Å². The van der Waals surface area contributed by atoms with Gasteiger partial charge in [-0.25, -0.2) is 4.98 Å². The third-order valence-electron chi connectivity index (χ3n) is 4.16. The standard InChI is InChI=1S/C15H22N4O2/c1-12-9-16-10-14(17-12)19-4-2-3-13(11-19)15(20)18-5-7-21-8-6-18/h9-10,13H,2-8,11H2,1H3. The predicted molar refractivity (Wildman–Crippen MR) is 79.1 cm³/mol. The number of aromatic nitrogens is 2. The minimum absolute atomic E-state index is 0.0687. The largest absolute Gasteiger partial charge is 0.378 e. The van der Waals surface area contributed by atoms with Crippen LogP contribution in [0.3, 0.4) is 0 Å². The van der Waals surface area contributed by atoms with Crippen LogP contribution in [-0.2, 0) is 9.53 Å². The number of hydrogen-bond acceptors (Lipinski definition) is 5. The summed E-state index contributed by atoms with van der Waals surface area (Å²) in [5.74, 6) is 1.22. The second kappa shape index (κ2) is 6.39. The first-order chi connectivity index (χ1) is 10.2. The van der Waals surface area contributed by atoms with E-state index < -0.39 is 0 Å². The Morgan fingerprint density at radius 2 is 2.10 bits per heavy atom. The van der Waals surface area contributed by atoms with Crippen LogP contribution in [0.25, 0.3) is 0 Å². The second-order valence-corrected chi connectivity index (χ2v) is 5.74. The van der Waals surface area contributed by atoms with Crippen LogP contribution in [0.4, 0.5) is 5.82 Å². The number of morpholine rings is 1. The zero-order valence-corrected chi connectivity index (χ0v) is 12.5. The number of ether oxygens (including phenoxy) is 1. The SMILES string of the molecule is Cc1cncc(N2CCCC(C(=O)N3CCOCC3)C2)n1. The van der Waals surface area contributed by atoms with Gasteiger partial charge in [-0.2, -0.15) is 0 Å². The third-order valence-corrected chi connectivity index (χ3v) is 4.16. The highest BCUT2D eigenvalue weighted by Gasteiger charge is 2.30. The van der Waals surface area contributed by atoms with Crippen LogP contribution in [-0.4, -0.2) is 60.2 Å². The van der Waals surface area contributed by atoms with Gasteiger partial charge in [-0.3, -0.25) is 9.78 Å². The molecule has 1 aromatic heterocycles. The minimum atomic E-state index is 0.0687. The van der Waals surface area contributed by atoms with Gasteiger partial charge in [-0.1, -0.05) is 0 Å². The average molecular weight is 290 g/mol. The van der Waals surface area contributed by atoms with E-state index in [0.29, 0.717) is 13.2 Å². The predicted octanol–water partition coefficient (Wildman–Crippen LogP) is 0.860. The zero-order chi connectivity index (χ0) is 14.7. The molecule has 1 unspecified atom stereocenters. The van der Waals surface area contributed by atoms with Crippen molar-refractivity contribution >= 4 is 11.7 Å². The van der Waals surface area contributed by atoms with Crippen molar-refractivity contribution in [2.24, 2.45) is 5.92 Å². The van der Waals surface area contributed by atoms with E-state index in [1.54, 1.807) is 12.4 Å². The van der Waals surface area contributed by atoms with E-state index in [9.17, 15) is 4.79 Å². The van der Waals surface area contributed by atoms with E-state index in [4.69, 9.17) is 4.74 Å². The lowest BCUT2D eigenvalue weighted by Crippen LogP contribution is -2.48. The molecule has 0 N–H and O–H groups in total. The molecule has 2 saturated heterocycles. The fraction of sp³-hybridized carbons (Fsp3) is 0.667. The maximum absolute atomic E-state index is 12.6. The van der Waals surface area contributed by atoms with E-state index in [1.165, 1.54) is 0 Å². The first kappa shape index (κ1) is 14.3. The molecular formula is C15H22N4O2. The smallest absolute Gasteiger partial charge is 0.227 e. The number of amides is 1. The molecule has 0 spiro atoms. The summed E-state index contributed by atoms with van der Waals surface area (Å²) in [6.07, 6.45) is 5.53. The monoisotopic (exact) mass is 290 g/mol. The van der Waals surface area contributed by atoms with Crippen molar-refractivity contribution in [3.05, 3.63) is 18.1 Å². The van der Waals surface area contributed by atoms with Crippen LogP contribution in [0.1, 0.15) is 18.5 Å². The Hall–Kier alpha value is -1.69. The molecule has 0 saturated carbocycles. The molecule has 0 radical (unpaired) electrons. The van der Waals surface area contributed by atoms with Crippen molar-refractivity contribution < 1.29 is 9.53 Å². The molecule has 0 aromatic carbocycles. The summed E-state index contributed by atoms with van der Waals surface area (Å²) >= 11 is 0. The molecule has 3 heterocycles. The van der Waals surface area contributed by atoms with E-state index in [0.717, 1.165) is 50.5 Å². The summed E-state index contributed by atoms with van der Waals surface area (Å²) in [6, 6.07) is 0. The lowest BCUT2D eigenvalue weighted by Gasteiger charge is -2.36. The van der Waals surface area contributed by atoms with Crippen LogP contribution in [0.5, 0.6) is 0 Å². The number of hydrogen-bond donors (Lipinski definition) is 0. The molecule has 3 rings (SSSR count). The van der Waals surface area contributed by atoms with Crippen molar-refractivity contribution in [2.45, 2.75) is 19.8 Å². The Balaban J connectivity index is 1.66. The second-order valence-electron chi connectivity index (χ2n) is 5.74. The molecule has 2 fully saturated rings. The van der Waals surface area contributed by atoms with Crippen LogP contribution in [0.15, 0.2) is 12.4 Å². The van der Waals surface area contributed by atoms with Gasteiger partial charge in [-0.05, 0) is 19.8 Å². The number of carbonyl (C=O) groups excluding carboxylic acids is 1. The summed E-state index contributed by atoms with van der Waals surface area (Å²) in [7, 11) is 0. The average Bonchev–Trinajstić information content (AvgIpc) is 2.55. The zero-order valence-electron chi connectivity index (χ0n) is 12.5. The number of anilines is 1. The maximum Gasteiger partial charge on any atom is 0.227 e. The Bertz CT molecular complexity index is 502. The van der Waals surface area contributed by atoms with Gasteiger partial charge >= 0.3 is 0 Å². The normalized spacial score (nSPS) is 23.2. The number of nitrogens with zero attached hydrogens (tertiary/aromatic N) is 4. The minimum Gasteiger partial charge on any atom is -0.378 e. The Morgan fingerprint density at radius 1 is 1.29 bits per heavy atom. The van der Waals surface area contributed by atoms with Gasteiger partial charge in [0.1, 0.15) is 5.82 Å². The number of carbonyl (C=O) groups is 1. The highest BCUT2D eigenvalue weighted by molar-refractivity contribution is 5.79. The van der Waals surface area contributed by atoms with Crippen molar-refractivity contribution in [1.29, 1.82) is 0 Å². The van der Waals surface area contributed by atoms with E-state index in [2.05, 4.69) is 14.9 Å². The topological polar surface area (TPSA) is 58.6 Å². The van der Waals surface area contributed by atoms with Crippen LogP contribution in [0, 0.1) is 12.8 Å². The Morgan fingerprint density at radius 3 is 2.86 bits per heavy atom. The third kappa shape index (κ3) is 3.32. The summed E-state index contributed by atoms with van der Waals surface area (Å²) in [5, 5.41) is 0. The molecule has 2 aliphatic heterocycles. The van der Waals surface area contributed by atoms with Crippen molar-refractivity contribution in [3.63, 3.8) is 0 Å². The van der Waals surface area contributed by atoms with Gasteiger partial charge in [-0.15, -0.1) is 0 Å². The van der Waals surface area contributed by atoms with E-state index in [-0.39, 0.29) is 11.8 Å². The molecule has 2 aliphatic rings. The molecule has 1 amide bonds. The molecule has 0 aliphatic carbocycles. The molecule has 1 atom stereocenters. The Kier molecular flexibility index (Phi) is 4.34. The van der Waals surface area contributed by atoms with Crippen molar-refractivity contribution in [3.8, 4) is 0 Å². The lowest BCUT2D eigenvalue weighted by atomic mass is 9.96. The van der Waals surface area contributed by atoms with Gasteiger partial charge < -0.3 is 14.5 Å². The molecule has 1 aromatic rings. The first-order valence-corrected chi connectivity index (χ1v) is 7.64. The molecular weight excluding hydrogens is 268 g/mol. The van der Waals surface area contributed by atoms with Gasteiger partial charge in [0.25, 0.3) is 0 Å². The summed E-state index contributed by atoms with van der Waals surface area (Å²) in [4.78, 5) is 25.5. The Labute approximate surface area is 125 Å². The molecule has 6 heteroatoms. The van der Waals surface area contributed by atoms with E-state index in [1.807, 2.05) is 11.8 Å². The first-order valence-electron chi connectivity index (χ1n) is 7.64. The van der Waals surface area contributed by atoms with Gasteiger partial charge in [0.15, 0.2) is 0 Å². The number of piperidine rings is 1. The van der Waals surface area contributed by atoms with Crippen molar-refractivity contribution in [2.75, 3.05) is 44.3 Å². The summed E-state index contributed by atoms with van der Waals surface area (Å²) < 4.78 is 5.32. The van der Waals surface area contributed by atoms with Crippen LogP contribution < -0.4 is 4.90 Å². The van der Waals surface area contributed by atoms with Crippen LogP contribution in [0.2, 0.25) is 0 Å².